The van der Waals surface area contributed by atoms with Crippen molar-refractivity contribution in [3.63, 3.8) is 0 Å². The maximum atomic E-state index is 11.8. The van der Waals surface area contributed by atoms with Crippen LogP contribution in [0.15, 0.2) is 41.0 Å². The number of benzene rings is 1. The van der Waals surface area contributed by atoms with Crippen LogP contribution in [0.2, 0.25) is 0 Å². The maximum absolute atomic E-state index is 11.8. The number of esters is 1. The van der Waals surface area contributed by atoms with Gasteiger partial charge in [-0.1, -0.05) is 6.07 Å². The Morgan fingerprint density at radius 2 is 2.15 bits per heavy atom. The highest BCUT2D eigenvalue weighted by molar-refractivity contribution is 9.10. The van der Waals surface area contributed by atoms with Crippen molar-refractivity contribution >= 4 is 27.6 Å². The molecule has 0 amide bonds. The van der Waals surface area contributed by atoms with Gasteiger partial charge in [-0.3, -0.25) is 0 Å². The SMILES string of the molecule is COc1ccc(COC(=O)c2ccc(N)cn2)cc1Br. The van der Waals surface area contributed by atoms with E-state index in [1.54, 1.807) is 19.2 Å². The van der Waals surface area contributed by atoms with Crippen molar-refractivity contribution in [1.82, 2.24) is 4.98 Å². The molecule has 1 aromatic heterocycles. The Morgan fingerprint density at radius 3 is 2.75 bits per heavy atom. The minimum absolute atomic E-state index is 0.160. The summed E-state index contributed by atoms with van der Waals surface area (Å²) in [6.07, 6.45) is 1.42. The number of carbonyl (C=O) groups is 1. The van der Waals surface area contributed by atoms with Crippen LogP contribution in [0.4, 0.5) is 5.69 Å². The Kier molecular flexibility index (Phi) is 4.57. The summed E-state index contributed by atoms with van der Waals surface area (Å²) in [5.41, 5.74) is 7.08. The number of nitrogen functional groups attached to an aromatic ring is 1. The second-order valence-electron chi connectivity index (χ2n) is 4.02. The molecule has 0 spiro atoms. The zero-order valence-electron chi connectivity index (χ0n) is 10.8. The molecule has 2 N–H and O–H groups in total. The van der Waals surface area contributed by atoms with Crippen molar-refractivity contribution in [1.29, 1.82) is 0 Å². The zero-order valence-corrected chi connectivity index (χ0v) is 12.4. The van der Waals surface area contributed by atoms with Gasteiger partial charge in [0.05, 0.1) is 23.5 Å². The molecule has 20 heavy (non-hydrogen) atoms. The number of hydrogen-bond donors (Lipinski definition) is 1. The minimum Gasteiger partial charge on any atom is -0.496 e. The highest BCUT2D eigenvalue weighted by Crippen LogP contribution is 2.25. The van der Waals surface area contributed by atoms with Crippen LogP contribution in [0, 0.1) is 0 Å². The van der Waals surface area contributed by atoms with E-state index < -0.39 is 5.97 Å². The molecule has 0 aliphatic heterocycles. The number of aromatic nitrogens is 1. The molecule has 1 aromatic carbocycles. The number of rotatable bonds is 4. The second kappa shape index (κ2) is 6.38. The number of ether oxygens (including phenoxy) is 2. The van der Waals surface area contributed by atoms with Crippen LogP contribution < -0.4 is 10.5 Å². The fraction of sp³-hybridized carbons (Fsp3) is 0.143. The van der Waals surface area contributed by atoms with Gasteiger partial charge in [0.1, 0.15) is 18.1 Å². The van der Waals surface area contributed by atoms with E-state index in [1.165, 1.54) is 12.3 Å². The normalized spacial score (nSPS) is 10.1. The predicted molar refractivity (Wildman–Crippen MR) is 78.5 cm³/mol. The number of nitrogens with zero attached hydrogens (tertiary/aromatic N) is 1. The van der Waals surface area contributed by atoms with Crippen LogP contribution >= 0.6 is 15.9 Å². The number of carbonyl (C=O) groups excluding carboxylic acids is 1. The summed E-state index contributed by atoms with van der Waals surface area (Å²) >= 11 is 3.38. The number of methoxy groups -OCH3 is 1. The molecule has 104 valence electrons. The van der Waals surface area contributed by atoms with Crippen molar-refractivity contribution in [3.05, 3.63) is 52.3 Å². The van der Waals surface area contributed by atoms with Crippen LogP contribution in [0.25, 0.3) is 0 Å². The standard InChI is InChI=1S/C14H13BrN2O3/c1-19-13-5-2-9(6-11(13)15)8-20-14(18)12-4-3-10(16)7-17-12/h2-7H,8,16H2,1H3. The molecule has 1 heterocycles. The molecule has 0 saturated carbocycles. The molecule has 2 rings (SSSR count). The molecule has 0 fully saturated rings. The molecule has 0 saturated heterocycles. The summed E-state index contributed by atoms with van der Waals surface area (Å²) in [4.78, 5) is 15.7. The van der Waals surface area contributed by atoms with E-state index in [9.17, 15) is 4.79 Å². The monoisotopic (exact) mass is 336 g/mol. The van der Waals surface area contributed by atoms with Gasteiger partial charge >= 0.3 is 5.97 Å². The Morgan fingerprint density at radius 1 is 1.35 bits per heavy atom. The van der Waals surface area contributed by atoms with E-state index in [4.69, 9.17) is 15.2 Å². The van der Waals surface area contributed by atoms with Crippen LogP contribution in [-0.2, 0) is 11.3 Å². The van der Waals surface area contributed by atoms with E-state index in [0.29, 0.717) is 5.69 Å². The average Bonchev–Trinajstić information content (AvgIpc) is 2.45. The third kappa shape index (κ3) is 3.48. The summed E-state index contributed by atoms with van der Waals surface area (Å²) < 4.78 is 11.1. The number of pyridine rings is 1. The Balaban J connectivity index is 1.99. The van der Waals surface area contributed by atoms with Gasteiger partial charge in [-0.05, 0) is 45.8 Å². The van der Waals surface area contributed by atoms with E-state index in [2.05, 4.69) is 20.9 Å². The highest BCUT2D eigenvalue weighted by Gasteiger charge is 2.09. The lowest BCUT2D eigenvalue weighted by atomic mass is 10.2. The van der Waals surface area contributed by atoms with Crippen molar-refractivity contribution in [2.24, 2.45) is 0 Å². The Labute approximate surface area is 124 Å². The molecule has 6 heteroatoms. The first-order chi connectivity index (χ1) is 9.60. The molecule has 0 bridgehead atoms. The number of anilines is 1. The molecule has 5 nitrogen and oxygen atoms in total. The first kappa shape index (κ1) is 14.3. The maximum Gasteiger partial charge on any atom is 0.357 e. The largest absolute Gasteiger partial charge is 0.496 e. The number of hydrogen-bond acceptors (Lipinski definition) is 5. The lowest BCUT2D eigenvalue weighted by molar-refractivity contribution is 0.0465. The lowest BCUT2D eigenvalue weighted by Crippen LogP contribution is -2.07. The van der Waals surface area contributed by atoms with Crippen LogP contribution in [0.3, 0.4) is 0 Å². The van der Waals surface area contributed by atoms with Gasteiger partial charge in [0.25, 0.3) is 0 Å². The molecule has 0 unspecified atom stereocenters. The summed E-state index contributed by atoms with van der Waals surface area (Å²) in [6.45, 7) is 0.160. The number of halogens is 1. The van der Waals surface area contributed by atoms with Gasteiger partial charge in [-0.2, -0.15) is 0 Å². The summed E-state index contributed by atoms with van der Waals surface area (Å²) in [5.74, 6) is 0.234. The minimum atomic E-state index is -0.489. The second-order valence-corrected chi connectivity index (χ2v) is 4.88. The molecule has 0 atom stereocenters. The summed E-state index contributed by atoms with van der Waals surface area (Å²) in [5, 5.41) is 0. The molecule has 0 radical (unpaired) electrons. The molecule has 0 aliphatic carbocycles. The van der Waals surface area contributed by atoms with E-state index >= 15 is 0 Å². The average molecular weight is 337 g/mol. The molecule has 0 aliphatic rings. The Bertz CT molecular complexity index is 614. The van der Waals surface area contributed by atoms with Gasteiger partial charge in [-0.25, -0.2) is 9.78 Å². The van der Waals surface area contributed by atoms with Gasteiger partial charge in [0, 0.05) is 0 Å². The quantitative estimate of drug-likeness (QED) is 0.869. The fourth-order valence-corrected chi connectivity index (χ4v) is 2.14. The summed E-state index contributed by atoms with van der Waals surface area (Å²) in [7, 11) is 1.59. The predicted octanol–water partition coefficient (Wildman–Crippen LogP) is 2.79. The fourth-order valence-electron chi connectivity index (χ4n) is 1.55. The first-order valence-electron chi connectivity index (χ1n) is 5.81. The first-order valence-corrected chi connectivity index (χ1v) is 6.60. The van der Waals surface area contributed by atoms with E-state index in [-0.39, 0.29) is 12.3 Å². The van der Waals surface area contributed by atoms with E-state index in [1.807, 2.05) is 12.1 Å². The van der Waals surface area contributed by atoms with E-state index in [0.717, 1.165) is 15.8 Å². The van der Waals surface area contributed by atoms with Gasteiger partial charge in [-0.15, -0.1) is 0 Å². The zero-order chi connectivity index (χ0) is 14.5. The smallest absolute Gasteiger partial charge is 0.357 e. The Hall–Kier alpha value is -2.08. The lowest BCUT2D eigenvalue weighted by Gasteiger charge is -2.07. The third-order valence-electron chi connectivity index (χ3n) is 2.58. The summed E-state index contributed by atoms with van der Waals surface area (Å²) in [6, 6.07) is 8.60. The van der Waals surface area contributed by atoms with Crippen LogP contribution in [0.1, 0.15) is 16.1 Å². The number of nitrogens with two attached hydrogens (primary N) is 1. The van der Waals surface area contributed by atoms with Crippen molar-refractivity contribution in [2.75, 3.05) is 12.8 Å². The van der Waals surface area contributed by atoms with Gasteiger partial charge in [0.2, 0.25) is 0 Å². The molecule has 2 aromatic rings. The van der Waals surface area contributed by atoms with Crippen molar-refractivity contribution in [3.8, 4) is 5.75 Å². The van der Waals surface area contributed by atoms with Crippen LogP contribution in [0.5, 0.6) is 5.75 Å². The molecular weight excluding hydrogens is 324 g/mol. The molecular formula is C14H13BrN2O3. The van der Waals surface area contributed by atoms with Gasteiger partial charge < -0.3 is 15.2 Å². The topological polar surface area (TPSA) is 74.4 Å². The van der Waals surface area contributed by atoms with Crippen LogP contribution in [-0.4, -0.2) is 18.1 Å². The highest BCUT2D eigenvalue weighted by atomic mass is 79.9. The third-order valence-corrected chi connectivity index (χ3v) is 3.20. The van der Waals surface area contributed by atoms with Gasteiger partial charge in [0.15, 0.2) is 0 Å². The van der Waals surface area contributed by atoms with Crippen molar-refractivity contribution < 1.29 is 14.3 Å². The van der Waals surface area contributed by atoms with Crippen molar-refractivity contribution in [2.45, 2.75) is 6.61 Å².